The summed E-state index contributed by atoms with van der Waals surface area (Å²) in [7, 11) is 0. The lowest BCUT2D eigenvalue weighted by Gasteiger charge is -2.18. The lowest BCUT2D eigenvalue weighted by molar-refractivity contribution is 0.0894. The van der Waals surface area contributed by atoms with Crippen LogP contribution in [0.15, 0.2) is 23.0 Å². The number of rotatable bonds is 2. The molecule has 2 atom stereocenters. The van der Waals surface area contributed by atoms with Crippen molar-refractivity contribution in [2.75, 3.05) is 0 Å². The van der Waals surface area contributed by atoms with Crippen LogP contribution in [0.1, 0.15) is 42.5 Å². The van der Waals surface area contributed by atoms with E-state index in [1.54, 1.807) is 6.07 Å². The van der Waals surface area contributed by atoms with Crippen molar-refractivity contribution in [3.8, 4) is 0 Å². The number of furan rings is 1. The number of Topliss-reactive ketones (excluding diaryl/α,β-unsaturated/α-hetero) is 1. The second-order valence-electron chi connectivity index (χ2n) is 4.28. The monoisotopic (exact) mass is 207 g/mol. The van der Waals surface area contributed by atoms with Gasteiger partial charge in [-0.05, 0) is 18.9 Å². The molecule has 0 aliphatic heterocycles. The van der Waals surface area contributed by atoms with Gasteiger partial charge in [0.25, 0.3) is 0 Å². The molecule has 1 fully saturated rings. The summed E-state index contributed by atoms with van der Waals surface area (Å²) in [6.07, 6.45) is 8.40. The average molecular weight is 207 g/mol. The first-order chi connectivity index (χ1) is 7.29. The van der Waals surface area contributed by atoms with Crippen LogP contribution < -0.4 is 5.73 Å². The molecule has 15 heavy (non-hydrogen) atoms. The fraction of sp³-hybridized carbons (Fsp3) is 0.583. The van der Waals surface area contributed by atoms with Crippen molar-refractivity contribution in [2.45, 2.75) is 38.1 Å². The summed E-state index contributed by atoms with van der Waals surface area (Å²) < 4.78 is 4.93. The number of carbonyl (C=O) groups excluding carboxylic acids is 1. The van der Waals surface area contributed by atoms with Gasteiger partial charge >= 0.3 is 0 Å². The Morgan fingerprint density at radius 1 is 1.33 bits per heavy atom. The van der Waals surface area contributed by atoms with Crippen LogP contribution in [0.5, 0.6) is 0 Å². The van der Waals surface area contributed by atoms with Gasteiger partial charge in [0.1, 0.15) is 6.26 Å². The molecule has 2 unspecified atom stereocenters. The Morgan fingerprint density at radius 3 is 2.87 bits per heavy atom. The van der Waals surface area contributed by atoms with Gasteiger partial charge in [-0.15, -0.1) is 0 Å². The van der Waals surface area contributed by atoms with Crippen LogP contribution in [-0.4, -0.2) is 11.8 Å². The molecule has 1 aliphatic carbocycles. The maximum Gasteiger partial charge on any atom is 0.170 e. The van der Waals surface area contributed by atoms with Crippen molar-refractivity contribution in [3.05, 3.63) is 24.2 Å². The molecular formula is C12H17NO2. The summed E-state index contributed by atoms with van der Waals surface area (Å²) in [5.41, 5.74) is 6.70. The van der Waals surface area contributed by atoms with Gasteiger partial charge in [0.05, 0.1) is 11.8 Å². The van der Waals surface area contributed by atoms with E-state index >= 15 is 0 Å². The predicted molar refractivity (Wildman–Crippen MR) is 57.6 cm³/mol. The minimum absolute atomic E-state index is 0.00917. The number of hydrogen-bond donors (Lipinski definition) is 1. The van der Waals surface area contributed by atoms with Crippen LogP contribution in [0.4, 0.5) is 0 Å². The van der Waals surface area contributed by atoms with Crippen LogP contribution in [0.25, 0.3) is 0 Å². The van der Waals surface area contributed by atoms with Gasteiger partial charge in [-0.2, -0.15) is 0 Å². The number of hydrogen-bond acceptors (Lipinski definition) is 3. The summed E-state index contributed by atoms with van der Waals surface area (Å²) in [4.78, 5) is 12.1. The van der Waals surface area contributed by atoms with Crippen LogP contribution in [0.2, 0.25) is 0 Å². The first kappa shape index (κ1) is 10.4. The summed E-state index contributed by atoms with van der Waals surface area (Å²) >= 11 is 0. The molecule has 1 aromatic heterocycles. The lowest BCUT2D eigenvalue weighted by Crippen LogP contribution is -2.34. The molecule has 82 valence electrons. The topological polar surface area (TPSA) is 56.2 Å². The molecule has 0 amide bonds. The van der Waals surface area contributed by atoms with Crippen molar-refractivity contribution >= 4 is 5.78 Å². The molecule has 1 saturated carbocycles. The fourth-order valence-electron chi connectivity index (χ4n) is 2.28. The van der Waals surface area contributed by atoms with Crippen molar-refractivity contribution < 1.29 is 9.21 Å². The highest BCUT2D eigenvalue weighted by Crippen LogP contribution is 2.25. The van der Waals surface area contributed by atoms with Crippen LogP contribution in [0.3, 0.4) is 0 Å². The Balaban J connectivity index is 2.11. The van der Waals surface area contributed by atoms with Crippen LogP contribution >= 0.6 is 0 Å². The molecule has 1 heterocycles. The fourth-order valence-corrected chi connectivity index (χ4v) is 2.28. The van der Waals surface area contributed by atoms with Gasteiger partial charge in [0.2, 0.25) is 0 Å². The Morgan fingerprint density at radius 2 is 2.13 bits per heavy atom. The Hall–Kier alpha value is -1.09. The van der Waals surface area contributed by atoms with Gasteiger partial charge in [-0.3, -0.25) is 4.79 Å². The van der Waals surface area contributed by atoms with E-state index in [-0.39, 0.29) is 17.7 Å². The van der Waals surface area contributed by atoms with E-state index in [2.05, 4.69) is 0 Å². The van der Waals surface area contributed by atoms with E-state index in [0.717, 1.165) is 25.7 Å². The largest absolute Gasteiger partial charge is 0.472 e. The summed E-state index contributed by atoms with van der Waals surface area (Å²) in [5.74, 6) is 0.142. The number of carbonyl (C=O) groups is 1. The molecule has 2 N–H and O–H groups in total. The molecule has 2 rings (SSSR count). The Labute approximate surface area is 89.6 Å². The second-order valence-corrected chi connectivity index (χ2v) is 4.28. The van der Waals surface area contributed by atoms with Crippen molar-refractivity contribution in [1.82, 2.24) is 0 Å². The molecule has 0 radical (unpaired) electrons. The molecular weight excluding hydrogens is 190 g/mol. The smallest absolute Gasteiger partial charge is 0.170 e. The third-order valence-corrected chi connectivity index (χ3v) is 3.21. The van der Waals surface area contributed by atoms with E-state index < -0.39 is 0 Å². The molecule has 1 aliphatic rings. The molecule has 3 nitrogen and oxygen atoms in total. The van der Waals surface area contributed by atoms with Gasteiger partial charge < -0.3 is 10.2 Å². The average Bonchev–Trinajstić information content (AvgIpc) is 2.68. The highest BCUT2D eigenvalue weighted by molar-refractivity contribution is 5.97. The second kappa shape index (κ2) is 4.62. The first-order valence-electron chi connectivity index (χ1n) is 5.61. The third-order valence-electron chi connectivity index (χ3n) is 3.21. The van der Waals surface area contributed by atoms with Crippen LogP contribution in [-0.2, 0) is 0 Å². The minimum Gasteiger partial charge on any atom is -0.472 e. The number of nitrogens with two attached hydrogens (primary N) is 1. The molecule has 0 saturated heterocycles. The number of ketones is 1. The highest BCUT2D eigenvalue weighted by atomic mass is 16.3. The Bertz CT molecular complexity index is 318. The lowest BCUT2D eigenvalue weighted by atomic mass is 9.88. The summed E-state index contributed by atoms with van der Waals surface area (Å²) in [5, 5.41) is 0. The molecule has 1 aromatic rings. The SMILES string of the molecule is NC1CCCCCC1C(=O)c1ccoc1. The van der Waals surface area contributed by atoms with E-state index in [0.29, 0.717) is 5.56 Å². The summed E-state index contributed by atoms with van der Waals surface area (Å²) in [6, 6.07) is 1.75. The first-order valence-corrected chi connectivity index (χ1v) is 5.61. The van der Waals surface area contributed by atoms with E-state index in [4.69, 9.17) is 10.2 Å². The van der Waals surface area contributed by atoms with Gasteiger partial charge in [0, 0.05) is 12.0 Å². The normalized spacial score (nSPS) is 27.3. The maximum absolute atomic E-state index is 12.1. The Kier molecular flexibility index (Phi) is 3.21. The zero-order valence-electron chi connectivity index (χ0n) is 8.82. The van der Waals surface area contributed by atoms with Crippen molar-refractivity contribution in [3.63, 3.8) is 0 Å². The standard InChI is InChI=1S/C12H17NO2/c13-11-5-3-1-2-4-10(11)12(14)9-6-7-15-8-9/h6-8,10-11H,1-5,13H2. The zero-order valence-corrected chi connectivity index (χ0v) is 8.82. The van der Waals surface area contributed by atoms with Gasteiger partial charge in [0.15, 0.2) is 5.78 Å². The van der Waals surface area contributed by atoms with Crippen molar-refractivity contribution in [2.24, 2.45) is 11.7 Å². The van der Waals surface area contributed by atoms with Gasteiger partial charge in [-0.25, -0.2) is 0 Å². The zero-order chi connectivity index (χ0) is 10.7. The van der Waals surface area contributed by atoms with Crippen molar-refractivity contribution in [1.29, 1.82) is 0 Å². The third kappa shape index (κ3) is 2.29. The molecule has 0 aromatic carbocycles. The highest BCUT2D eigenvalue weighted by Gasteiger charge is 2.28. The molecule has 3 heteroatoms. The van der Waals surface area contributed by atoms with E-state index in [1.165, 1.54) is 18.9 Å². The van der Waals surface area contributed by atoms with Gasteiger partial charge in [-0.1, -0.05) is 19.3 Å². The van der Waals surface area contributed by atoms with Crippen LogP contribution in [0, 0.1) is 5.92 Å². The molecule has 0 bridgehead atoms. The maximum atomic E-state index is 12.1. The summed E-state index contributed by atoms with van der Waals surface area (Å²) in [6.45, 7) is 0. The minimum atomic E-state index is -0.00917. The van der Waals surface area contributed by atoms with E-state index in [1.807, 2.05) is 0 Å². The predicted octanol–water partition coefficient (Wildman–Crippen LogP) is 2.37. The van der Waals surface area contributed by atoms with E-state index in [9.17, 15) is 4.79 Å². The molecule has 0 spiro atoms. The quantitative estimate of drug-likeness (QED) is 0.598.